The highest BCUT2D eigenvalue weighted by molar-refractivity contribution is 7.92. The zero-order chi connectivity index (χ0) is 14.2. The molecule has 0 radical (unpaired) electrons. The molecule has 2 rings (SSSR count). The van der Waals surface area contributed by atoms with Gasteiger partial charge in [0.05, 0.1) is 11.0 Å². The number of aryl methyl sites for hydroxylation is 1. The van der Waals surface area contributed by atoms with Gasteiger partial charge in [0.2, 0.25) is 0 Å². The van der Waals surface area contributed by atoms with Gasteiger partial charge in [-0.25, -0.2) is 8.42 Å². The fraction of sp³-hybridized carbons (Fsp3) is 0.462. The van der Waals surface area contributed by atoms with Gasteiger partial charge < -0.3 is 5.11 Å². The molecular weight excluding hydrogens is 266 g/mol. The van der Waals surface area contributed by atoms with Crippen molar-refractivity contribution in [2.45, 2.75) is 31.2 Å². The SMILES string of the molecule is Cc1ccc(C2NC(C(=O)O)CS(=O)(=O)C2C)cc1. The molecule has 3 atom stereocenters. The summed E-state index contributed by atoms with van der Waals surface area (Å²) in [5.74, 6) is -1.49. The number of carbonyl (C=O) groups is 1. The van der Waals surface area contributed by atoms with Crippen molar-refractivity contribution in [2.24, 2.45) is 0 Å². The van der Waals surface area contributed by atoms with Crippen LogP contribution in [0.4, 0.5) is 0 Å². The maximum absolute atomic E-state index is 12.0. The molecule has 19 heavy (non-hydrogen) atoms. The Kier molecular flexibility index (Phi) is 3.64. The fourth-order valence-corrected chi connectivity index (χ4v) is 3.93. The lowest BCUT2D eigenvalue weighted by Gasteiger charge is -2.34. The van der Waals surface area contributed by atoms with E-state index in [4.69, 9.17) is 5.11 Å². The molecule has 5 nitrogen and oxygen atoms in total. The molecule has 3 unspecified atom stereocenters. The van der Waals surface area contributed by atoms with E-state index in [1.54, 1.807) is 6.92 Å². The van der Waals surface area contributed by atoms with Crippen molar-refractivity contribution in [1.82, 2.24) is 5.32 Å². The highest BCUT2D eigenvalue weighted by Crippen LogP contribution is 2.28. The first-order valence-electron chi connectivity index (χ1n) is 6.08. The van der Waals surface area contributed by atoms with Crippen LogP contribution in [0.1, 0.15) is 24.1 Å². The van der Waals surface area contributed by atoms with Gasteiger partial charge in [0, 0.05) is 6.04 Å². The molecule has 1 aliphatic rings. The van der Waals surface area contributed by atoms with Crippen LogP contribution in [0.5, 0.6) is 0 Å². The average molecular weight is 283 g/mol. The van der Waals surface area contributed by atoms with Gasteiger partial charge in [-0.1, -0.05) is 29.8 Å². The molecule has 1 aliphatic heterocycles. The summed E-state index contributed by atoms with van der Waals surface area (Å²) in [4.78, 5) is 11.1. The zero-order valence-electron chi connectivity index (χ0n) is 10.8. The van der Waals surface area contributed by atoms with Crippen LogP contribution in [0.2, 0.25) is 0 Å². The van der Waals surface area contributed by atoms with Crippen LogP contribution in [-0.4, -0.2) is 36.5 Å². The largest absolute Gasteiger partial charge is 0.480 e. The Morgan fingerprint density at radius 3 is 2.42 bits per heavy atom. The molecule has 0 saturated carbocycles. The van der Waals surface area contributed by atoms with Crippen molar-refractivity contribution in [2.75, 3.05) is 5.75 Å². The van der Waals surface area contributed by atoms with Crippen LogP contribution < -0.4 is 5.32 Å². The predicted molar refractivity (Wildman–Crippen MR) is 71.7 cm³/mol. The smallest absolute Gasteiger partial charge is 0.321 e. The zero-order valence-corrected chi connectivity index (χ0v) is 11.6. The third kappa shape index (κ3) is 2.79. The number of carboxylic acid groups (broad SMARTS) is 1. The van der Waals surface area contributed by atoms with Crippen LogP contribution >= 0.6 is 0 Å². The van der Waals surface area contributed by atoms with Crippen molar-refractivity contribution in [1.29, 1.82) is 0 Å². The number of nitrogens with one attached hydrogen (secondary N) is 1. The molecule has 1 aromatic carbocycles. The molecule has 104 valence electrons. The first-order chi connectivity index (χ1) is 8.81. The molecule has 0 spiro atoms. The second-order valence-corrected chi connectivity index (χ2v) is 7.38. The monoisotopic (exact) mass is 283 g/mol. The van der Waals surface area contributed by atoms with E-state index >= 15 is 0 Å². The summed E-state index contributed by atoms with van der Waals surface area (Å²) < 4.78 is 24.1. The summed E-state index contributed by atoms with van der Waals surface area (Å²) in [5, 5.41) is 11.3. The van der Waals surface area contributed by atoms with Crippen LogP contribution in [0, 0.1) is 6.92 Å². The molecule has 0 bridgehead atoms. The van der Waals surface area contributed by atoms with Gasteiger partial charge in [-0.15, -0.1) is 0 Å². The van der Waals surface area contributed by atoms with Crippen molar-refractivity contribution >= 4 is 15.8 Å². The molecule has 0 aliphatic carbocycles. The quantitative estimate of drug-likeness (QED) is 0.842. The van der Waals surface area contributed by atoms with E-state index in [1.807, 2.05) is 31.2 Å². The van der Waals surface area contributed by atoms with E-state index in [2.05, 4.69) is 5.32 Å². The molecule has 0 aromatic heterocycles. The number of benzene rings is 1. The number of hydrogen-bond donors (Lipinski definition) is 2. The summed E-state index contributed by atoms with van der Waals surface area (Å²) in [5.41, 5.74) is 1.87. The molecule has 1 heterocycles. The number of rotatable bonds is 2. The maximum atomic E-state index is 12.0. The third-order valence-corrected chi connectivity index (χ3v) is 5.75. The Morgan fingerprint density at radius 2 is 1.89 bits per heavy atom. The standard InChI is InChI=1S/C13H17NO4S/c1-8-3-5-10(6-4-8)12-9(2)19(17,18)7-11(14-12)13(15)16/h3-6,9,11-12,14H,7H2,1-2H3,(H,15,16). The Hall–Kier alpha value is -1.40. The number of aliphatic carboxylic acids is 1. The second-order valence-electron chi connectivity index (χ2n) is 4.98. The Morgan fingerprint density at radius 1 is 1.32 bits per heavy atom. The van der Waals surface area contributed by atoms with Crippen molar-refractivity contribution in [3.05, 3.63) is 35.4 Å². The van der Waals surface area contributed by atoms with Crippen LogP contribution in [-0.2, 0) is 14.6 Å². The van der Waals surface area contributed by atoms with Crippen molar-refractivity contribution in [3.63, 3.8) is 0 Å². The van der Waals surface area contributed by atoms with Gasteiger partial charge in [0.1, 0.15) is 6.04 Å². The van der Waals surface area contributed by atoms with Gasteiger partial charge in [-0.3, -0.25) is 10.1 Å². The topological polar surface area (TPSA) is 83.5 Å². The molecular formula is C13H17NO4S. The van der Waals surface area contributed by atoms with E-state index < -0.39 is 33.1 Å². The van der Waals surface area contributed by atoms with Gasteiger partial charge in [-0.2, -0.15) is 0 Å². The van der Waals surface area contributed by atoms with Gasteiger partial charge in [0.25, 0.3) is 0 Å². The molecule has 1 saturated heterocycles. The van der Waals surface area contributed by atoms with Crippen LogP contribution in [0.25, 0.3) is 0 Å². The van der Waals surface area contributed by atoms with E-state index in [0.717, 1.165) is 11.1 Å². The van der Waals surface area contributed by atoms with Gasteiger partial charge in [0.15, 0.2) is 9.84 Å². The average Bonchev–Trinajstić information content (AvgIpc) is 2.33. The number of hydrogen-bond acceptors (Lipinski definition) is 4. The predicted octanol–water partition coefficient (Wildman–Crippen LogP) is 0.896. The maximum Gasteiger partial charge on any atom is 0.321 e. The molecule has 2 N–H and O–H groups in total. The summed E-state index contributed by atoms with van der Waals surface area (Å²) >= 11 is 0. The summed E-state index contributed by atoms with van der Waals surface area (Å²) in [6, 6.07) is 5.92. The summed E-state index contributed by atoms with van der Waals surface area (Å²) in [6.07, 6.45) is 0. The minimum atomic E-state index is -3.41. The Balaban J connectivity index is 2.37. The molecule has 1 fully saturated rings. The van der Waals surface area contributed by atoms with E-state index in [9.17, 15) is 13.2 Å². The van der Waals surface area contributed by atoms with Crippen molar-refractivity contribution < 1.29 is 18.3 Å². The normalized spacial score (nSPS) is 29.9. The Bertz CT molecular complexity index is 579. The highest BCUT2D eigenvalue weighted by Gasteiger charge is 2.41. The molecule has 0 amide bonds. The lowest BCUT2D eigenvalue weighted by Crippen LogP contribution is -2.54. The first kappa shape index (κ1) is 14.0. The van der Waals surface area contributed by atoms with Crippen LogP contribution in [0.3, 0.4) is 0 Å². The lowest BCUT2D eigenvalue weighted by molar-refractivity contribution is -0.139. The van der Waals surface area contributed by atoms with E-state index in [-0.39, 0.29) is 5.75 Å². The van der Waals surface area contributed by atoms with Crippen molar-refractivity contribution in [3.8, 4) is 0 Å². The third-order valence-electron chi connectivity index (χ3n) is 3.55. The minimum absolute atomic E-state index is 0.355. The second kappa shape index (κ2) is 4.94. The van der Waals surface area contributed by atoms with Gasteiger partial charge >= 0.3 is 5.97 Å². The fourth-order valence-electron chi connectivity index (χ4n) is 2.28. The number of carboxylic acids is 1. The lowest BCUT2D eigenvalue weighted by atomic mass is 10.0. The Labute approximate surface area is 112 Å². The number of sulfone groups is 1. The van der Waals surface area contributed by atoms with Gasteiger partial charge in [-0.05, 0) is 19.4 Å². The van der Waals surface area contributed by atoms with E-state index in [0.29, 0.717) is 0 Å². The highest BCUT2D eigenvalue weighted by atomic mass is 32.2. The molecule has 1 aromatic rings. The van der Waals surface area contributed by atoms with Crippen LogP contribution in [0.15, 0.2) is 24.3 Å². The minimum Gasteiger partial charge on any atom is -0.480 e. The summed E-state index contributed by atoms with van der Waals surface area (Å²) in [6.45, 7) is 3.56. The first-order valence-corrected chi connectivity index (χ1v) is 7.80. The van der Waals surface area contributed by atoms with E-state index in [1.165, 1.54) is 0 Å². The molecule has 6 heteroatoms. The summed E-state index contributed by atoms with van der Waals surface area (Å²) in [7, 11) is -3.41.